The van der Waals surface area contributed by atoms with E-state index in [0.717, 1.165) is 12.3 Å². The number of aliphatic hydroxyl groups is 3. The number of pyridine rings is 1. The number of aromatic nitrogens is 1. The number of nitrogens with zero attached hydrogens (tertiary/aromatic N) is 1. The third-order valence-corrected chi connectivity index (χ3v) is 1.70. The molecule has 0 spiro atoms. The number of halogens is 2. The van der Waals surface area contributed by atoms with E-state index in [2.05, 4.69) is 15.9 Å². The molecule has 72 valence electrons. The maximum Gasteiger partial charge on any atom is 0.376 e. The van der Waals surface area contributed by atoms with Gasteiger partial charge in [-0.1, -0.05) is 0 Å². The summed E-state index contributed by atoms with van der Waals surface area (Å²) >= 11 is 2.81. The standard InChI is InChI=1S/C6H5BrFNO4/c7-3-1-4(8)5(10)9(2-3)6(11,12)13/h1-2,11-13H. The van der Waals surface area contributed by atoms with Crippen LogP contribution in [0.15, 0.2) is 21.5 Å². The maximum absolute atomic E-state index is 12.7. The quantitative estimate of drug-likeness (QED) is 0.578. The van der Waals surface area contributed by atoms with Crippen molar-refractivity contribution in [2.75, 3.05) is 0 Å². The van der Waals surface area contributed by atoms with Crippen LogP contribution in [0.3, 0.4) is 0 Å². The van der Waals surface area contributed by atoms with Crippen LogP contribution in [0.5, 0.6) is 0 Å². The Labute approximate surface area is 79.8 Å². The smallest absolute Gasteiger partial charge is 0.325 e. The summed E-state index contributed by atoms with van der Waals surface area (Å²) in [6.45, 7) is 0. The molecule has 0 saturated heterocycles. The Morgan fingerprint density at radius 2 is 2.00 bits per heavy atom. The molecular weight excluding hydrogens is 249 g/mol. The minimum absolute atomic E-state index is 0.0341. The summed E-state index contributed by atoms with van der Waals surface area (Å²) < 4.78 is 12.8. The minimum atomic E-state index is -3.40. The highest BCUT2D eigenvalue weighted by molar-refractivity contribution is 9.10. The molecule has 1 aromatic heterocycles. The Kier molecular flexibility index (Phi) is 2.53. The topological polar surface area (TPSA) is 82.7 Å². The van der Waals surface area contributed by atoms with Crippen LogP contribution in [0.4, 0.5) is 4.39 Å². The van der Waals surface area contributed by atoms with Gasteiger partial charge in [0.1, 0.15) is 0 Å². The molecule has 3 N–H and O–H groups in total. The van der Waals surface area contributed by atoms with Crippen LogP contribution >= 0.6 is 15.9 Å². The van der Waals surface area contributed by atoms with Crippen molar-refractivity contribution in [3.63, 3.8) is 0 Å². The van der Waals surface area contributed by atoms with E-state index in [1.807, 2.05) is 0 Å². The molecule has 0 aliphatic heterocycles. The van der Waals surface area contributed by atoms with Crippen molar-refractivity contribution >= 4 is 15.9 Å². The average molecular weight is 254 g/mol. The van der Waals surface area contributed by atoms with Crippen LogP contribution < -0.4 is 5.56 Å². The van der Waals surface area contributed by atoms with E-state index >= 15 is 0 Å². The Balaban J connectivity index is 3.47. The first kappa shape index (κ1) is 10.3. The summed E-state index contributed by atoms with van der Waals surface area (Å²) in [5, 5.41) is 25.8. The molecule has 0 radical (unpaired) electrons. The summed E-state index contributed by atoms with van der Waals surface area (Å²) in [6.07, 6.45) is -2.56. The SMILES string of the molecule is O=c1c(F)cc(Br)cn1C(O)(O)O. The van der Waals surface area contributed by atoms with Crippen molar-refractivity contribution in [2.45, 2.75) is 6.10 Å². The van der Waals surface area contributed by atoms with E-state index in [1.165, 1.54) is 0 Å². The largest absolute Gasteiger partial charge is 0.376 e. The Morgan fingerprint density at radius 1 is 1.46 bits per heavy atom. The molecule has 0 saturated carbocycles. The predicted molar refractivity (Wildman–Crippen MR) is 43.0 cm³/mol. The minimum Gasteiger partial charge on any atom is -0.325 e. The van der Waals surface area contributed by atoms with Gasteiger partial charge in [0.15, 0.2) is 5.82 Å². The van der Waals surface area contributed by atoms with Gasteiger partial charge in [-0.15, -0.1) is 0 Å². The summed E-state index contributed by atoms with van der Waals surface area (Å²) in [5.74, 6) is -1.21. The lowest BCUT2D eigenvalue weighted by atomic mass is 10.4. The molecule has 0 bridgehead atoms. The molecule has 13 heavy (non-hydrogen) atoms. The first-order valence-electron chi connectivity index (χ1n) is 3.07. The highest BCUT2D eigenvalue weighted by Crippen LogP contribution is 2.10. The molecular formula is C6H5BrFNO4. The van der Waals surface area contributed by atoms with Gasteiger partial charge in [0, 0.05) is 10.7 Å². The molecule has 0 atom stereocenters. The lowest BCUT2D eigenvalue weighted by Crippen LogP contribution is -2.41. The number of hydrogen-bond donors (Lipinski definition) is 3. The zero-order valence-electron chi connectivity index (χ0n) is 6.11. The van der Waals surface area contributed by atoms with Crippen LogP contribution in [0.1, 0.15) is 0 Å². The van der Waals surface area contributed by atoms with Gasteiger partial charge >= 0.3 is 6.10 Å². The van der Waals surface area contributed by atoms with E-state index in [4.69, 9.17) is 15.3 Å². The second-order valence-corrected chi connectivity index (χ2v) is 3.20. The van der Waals surface area contributed by atoms with Crippen molar-refractivity contribution in [3.05, 3.63) is 32.9 Å². The molecule has 0 unspecified atom stereocenters. The highest BCUT2D eigenvalue weighted by atomic mass is 79.9. The third-order valence-electron chi connectivity index (χ3n) is 1.26. The van der Waals surface area contributed by atoms with Crippen LogP contribution in [0.2, 0.25) is 0 Å². The summed E-state index contributed by atoms with van der Waals surface area (Å²) in [6, 6.07) is 0.838. The van der Waals surface area contributed by atoms with E-state index in [1.54, 1.807) is 0 Å². The zero-order chi connectivity index (χ0) is 10.2. The van der Waals surface area contributed by atoms with Crippen LogP contribution in [-0.2, 0) is 6.10 Å². The van der Waals surface area contributed by atoms with Gasteiger partial charge < -0.3 is 15.3 Å². The number of rotatable bonds is 1. The monoisotopic (exact) mass is 253 g/mol. The summed E-state index contributed by atoms with van der Waals surface area (Å²) in [7, 11) is 0. The van der Waals surface area contributed by atoms with Crippen molar-refractivity contribution in [1.29, 1.82) is 0 Å². The van der Waals surface area contributed by atoms with Gasteiger partial charge in [0.2, 0.25) is 0 Å². The molecule has 7 heteroatoms. The second kappa shape index (κ2) is 3.18. The van der Waals surface area contributed by atoms with E-state index in [-0.39, 0.29) is 9.04 Å². The maximum atomic E-state index is 12.7. The zero-order valence-corrected chi connectivity index (χ0v) is 7.69. The van der Waals surface area contributed by atoms with E-state index in [9.17, 15) is 9.18 Å². The van der Waals surface area contributed by atoms with Crippen molar-refractivity contribution in [2.24, 2.45) is 0 Å². The molecule has 1 rings (SSSR count). The van der Waals surface area contributed by atoms with Crippen LogP contribution in [0, 0.1) is 5.82 Å². The van der Waals surface area contributed by atoms with Crippen LogP contribution in [0.25, 0.3) is 0 Å². The van der Waals surface area contributed by atoms with Gasteiger partial charge in [-0.3, -0.25) is 4.79 Å². The average Bonchev–Trinajstić information content (AvgIpc) is 1.94. The van der Waals surface area contributed by atoms with Crippen molar-refractivity contribution < 1.29 is 19.7 Å². The highest BCUT2D eigenvalue weighted by Gasteiger charge is 2.24. The molecule has 1 heterocycles. The van der Waals surface area contributed by atoms with Crippen molar-refractivity contribution in [1.82, 2.24) is 4.57 Å². The Bertz CT molecular complexity index is 383. The van der Waals surface area contributed by atoms with E-state index in [0.29, 0.717) is 0 Å². The predicted octanol–water partition coefficient (Wildman–Crippen LogP) is -0.705. The van der Waals surface area contributed by atoms with Gasteiger partial charge in [-0.25, -0.2) is 8.96 Å². The molecule has 0 amide bonds. The molecule has 0 aromatic carbocycles. The normalized spacial score (nSPS) is 11.8. The first-order chi connectivity index (χ1) is 5.82. The second-order valence-electron chi connectivity index (χ2n) is 2.28. The van der Waals surface area contributed by atoms with Gasteiger partial charge in [-0.05, 0) is 22.0 Å². The van der Waals surface area contributed by atoms with Gasteiger partial charge in [0.25, 0.3) is 5.56 Å². The summed E-state index contributed by atoms with van der Waals surface area (Å²) in [5.41, 5.74) is -1.34. The van der Waals surface area contributed by atoms with Crippen molar-refractivity contribution in [3.8, 4) is 0 Å². The molecule has 0 aliphatic carbocycles. The summed E-state index contributed by atoms with van der Waals surface area (Å²) in [4.78, 5) is 10.9. The van der Waals surface area contributed by atoms with Gasteiger partial charge in [-0.2, -0.15) is 0 Å². The lowest BCUT2D eigenvalue weighted by Gasteiger charge is -2.16. The number of hydrogen-bond acceptors (Lipinski definition) is 4. The fourth-order valence-electron chi connectivity index (χ4n) is 0.740. The lowest BCUT2D eigenvalue weighted by molar-refractivity contribution is -0.377. The fraction of sp³-hybridized carbons (Fsp3) is 0.167. The Hall–Kier alpha value is -0.760. The first-order valence-corrected chi connectivity index (χ1v) is 3.87. The van der Waals surface area contributed by atoms with Gasteiger partial charge in [0.05, 0.1) is 0 Å². The molecule has 1 aromatic rings. The molecule has 0 aliphatic rings. The molecule has 5 nitrogen and oxygen atoms in total. The third kappa shape index (κ3) is 2.13. The Morgan fingerprint density at radius 3 is 2.46 bits per heavy atom. The fourth-order valence-corrected chi connectivity index (χ4v) is 1.15. The molecule has 0 fully saturated rings. The van der Waals surface area contributed by atoms with Crippen LogP contribution in [-0.4, -0.2) is 19.9 Å². The van der Waals surface area contributed by atoms with E-state index < -0.39 is 17.5 Å².